The standard InChI is InChI=1S/C21H23N5O4/c1-28-17-12-15-16(13-18(17)29-2)23-21(24-20(15)22)26-9-7-25(8-10-26)19(27)6-5-14-4-3-11-30-14/h3-6,11-13H,7-10H2,1-2H3,(H2,22,23,24)/b6-5+. The van der Waals surface area contributed by atoms with Crippen molar-refractivity contribution in [3.05, 3.63) is 42.4 Å². The molecular formula is C21H23N5O4. The zero-order chi connectivity index (χ0) is 21.1. The van der Waals surface area contributed by atoms with Crippen LogP contribution >= 0.6 is 0 Å². The van der Waals surface area contributed by atoms with E-state index in [0.717, 1.165) is 0 Å². The van der Waals surface area contributed by atoms with Gasteiger partial charge in [0.25, 0.3) is 0 Å². The van der Waals surface area contributed by atoms with Gasteiger partial charge in [0.15, 0.2) is 11.5 Å². The van der Waals surface area contributed by atoms with E-state index < -0.39 is 0 Å². The third kappa shape index (κ3) is 3.86. The van der Waals surface area contributed by atoms with Crippen molar-refractivity contribution >= 4 is 34.7 Å². The highest BCUT2D eigenvalue weighted by Gasteiger charge is 2.22. The molecule has 0 radical (unpaired) electrons. The normalized spacial score (nSPS) is 14.5. The number of nitrogens with zero attached hydrogens (tertiary/aromatic N) is 4. The van der Waals surface area contributed by atoms with Gasteiger partial charge in [-0.25, -0.2) is 4.98 Å². The van der Waals surface area contributed by atoms with Crippen LogP contribution in [0.25, 0.3) is 17.0 Å². The lowest BCUT2D eigenvalue weighted by Crippen LogP contribution is -2.48. The lowest BCUT2D eigenvalue weighted by atomic mass is 10.2. The molecule has 2 N–H and O–H groups in total. The van der Waals surface area contributed by atoms with Crippen molar-refractivity contribution in [2.45, 2.75) is 0 Å². The lowest BCUT2D eigenvalue weighted by molar-refractivity contribution is -0.126. The van der Waals surface area contributed by atoms with Gasteiger partial charge in [-0.05, 0) is 24.3 Å². The monoisotopic (exact) mass is 409 g/mol. The fraction of sp³-hybridized carbons (Fsp3) is 0.286. The summed E-state index contributed by atoms with van der Waals surface area (Å²) < 4.78 is 15.9. The Kier molecular flexibility index (Phi) is 5.42. The summed E-state index contributed by atoms with van der Waals surface area (Å²) in [6.45, 7) is 2.35. The molecule has 156 valence electrons. The SMILES string of the molecule is COc1cc2nc(N3CCN(C(=O)/C=C/c4ccco4)CC3)nc(N)c2cc1OC. The molecule has 1 fully saturated rings. The quantitative estimate of drug-likeness (QED) is 0.639. The minimum absolute atomic E-state index is 0.0539. The van der Waals surface area contributed by atoms with Crippen molar-refractivity contribution in [2.75, 3.05) is 51.0 Å². The largest absolute Gasteiger partial charge is 0.493 e. The zero-order valence-corrected chi connectivity index (χ0v) is 16.9. The number of benzene rings is 1. The van der Waals surface area contributed by atoms with Gasteiger partial charge < -0.3 is 29.4 Å². The van der Waals surface area contributed by atoms with Crippen molar-refractivity contribution in [2.24, 2.45) is 0 Å². The molecule has 1 saturated heterocycles. The summed E-state index contributed by atoms with van der Waals surface area (Å²) in [5.74, 6) is 2.65. The van der Waals surface area contributed by atoms with E-state index in [1.807, 2.05) is 4.90 Å². The third-order valence-electron chi connectivity index (χ3n) is 5.03. The van der Waals surface area contributed by atoms with Gasteiger partial charge in [-0.3, -0.25) is 4.79 Å². The van der Waals surface area contributed by atoms with E-state index >= 15 is 0 Å². The minimum Gasteiger partial charge on any atom is -0.493 e. The summed E-state index contributed by atoms with van der Waals surface area (Å²) in [6.07, 6.45) is 4.77. The second-order valence-electron chi connectivity index (χ2n) is 6.79. The fourth-order valence-electron chi connectivity index (χ4n) is 3.38. The van der Waals surface area contributed by atoms with Gasteiger partial charge in [-0.2, -0.15) is 4.98 Å². The van der Waals surface area contributed by atoms with Crippen molar-refractivity contribution in [1.82, 2.24) is 14.9 Å². The molecule has 1 aromatic carbocycles. The van der Waals surface area contributed by atoms with Crippen LogP contribution in [0.5, 0.6) is 11.5 Å². The van der Waals surface area contributed by atoms with Crippen molar-refractivity contribution in [3.8, 4) is 11.5 Å². The van der Waals surface area contributed by atoms with Crippen molar-refractivity contribution in [3.63, 3.8) is 0 Å². The number of piperazine rings is 1. The molecule has 2 aromatic heterocycles. The number of carbonyl (C=O) groups is 1. The molecule has 9 heteroatoms. The van der Waals surface area contributed by atoms with Gasteiger partial charge >= 0.3 is 0 Å². The molecule has 3 aromatic rings. The highest BCUT2D eigenvalue weighted by molar-refractivity contribution is 5.92. The number of aromatic nitrogens is 2. The van der Waals surface area contributed by atoms with Gasteiger partial charge in [-0.15, -0.1) is 0 Å². The number of carbonyl (C=O) groups excluding carboxylic acids is 1. The van der Waals surface area contributed by atoms with Crippen LogP contribution in [-0.4, -0.2) is 61.2 Å². The maximum Gasteiger partial charge on any atom is 0.246 e. The molecule has 0 atom stereocenters. The Morgan fingerprint density at radius 2 is 1.87 bits per heavy atom. The molecule has 9 nitrogen and oxygen atoms in total. The molecule has 0 bridgehead atoms. The first kappa shape index (κ1) is 19.6. The lowest BCUT2D eigenvalue weighted by Gasteiger charge is -2.34. The smallest absolute Gasteiger partial charge is 0.246 e. The first-order valence-corrected chi connectivity index (χ1v) is 9.53. The number of rotatable bonds is 5. The third-order valence-corrected chi connectivity index (χ3v) is 5.03. The van der Waals surface area contributed by atoms with E-state index in [9.17, 15) is 4.79 Å². The first-order valence-electron chi connectivity index (χ1n) is 9.53. The van der Waals surface area contributed by atoms with Gasteiger partial charge in [0, 0.05) is 43.7 Å². The second-order valence-corrected chi connectivity index (χ2v) is 6.79. The molecule has 1 aliphatic rings. The van der Waals surface area contributed by atoms with Gasteiger partial charge in [0.05, 0.1) is 26.0 Å². The number of ether oxygens (including phenoxy) is 2. The number of amides is 1. The summed E-state index contributed by atoms with van der Waals surface area (Å²) in [5, 5.41) is 0.702. The van der Waals surface area contributed by atoms with Crippen LogP contribution in [0.15, 0.2) is 41.0 Å². The Bertz CT molecular complexity index is 1070. The molecule has 0 unspecified atom stereocenters. The number of nitrogens with two attached hydrogens (primary N) is 1. The summed E-state index contributed by atoms with van der Waals surface area (Å²) in [6, 6.07) is 7.14. The van der Waals surface area contributed by atoms with Gasteiger partial charge in [0.2, 0.25) is 11.9 Å². The van der Waals surface area contributed by atoms with Gasteiger partial charge in [0.1, 0.15) is 11.6 Å². The minimum atomic E-state index is -0.0539. The summed E-state index contributed by atoms with van der Waals surface area (Å²) in [5.41, 5.74) is 6.86. The molecule has 1 amide bonds. The van der Waals surface area contributed by atoms with E-state index in [2.05, 4.69) is 9.97 Å². The number of hydrogen-bond donors (Lipinski definition) is 1. The number of anilines is 2. The van der Waals surface area contributed by atoms with Crippen LogP contribution in [0.1, 0.15) is 5.76 Å². The Morgan fingerprint density at radius 3 is 2.53 bits per heavy atom. The maximum absolute atomic E-state index is 12.4. The summed E-state index contributed by atoms with van der Waals surface area (Å²) >= 11 is 0. The zero-order valence-electron chi connectivity index (χ0n) is 16.9. The predicted molar refractivity (Wildman–Crippen MR) is 114 cm³/mol. The molecule has 30 heavy (non-hydrogen) atoms. The highest BCUT2D eigenvalue weighted by atomic mass is 16.5. The van der Waals surface area contributed by atoms with E-state index in [4.69, 9.17) is 19.6 Å². The highest BCUT2D eigenvalue weighted by Crippen LogP contribution is 2.34. The topological polar surface area (TPSA) is 107 Å². The predicted octanol–water partition coefficient (Wildman–Crippen LogP) is 2.18. The number of furan rings is 1. The Hall–Kier alpha value is -3.75. The number of hydrogen-bond acceptors (Lipinski definition) is 8. The van der Waals surface area contributed by atoms with Crippen LogP contribution in [0.2, 0.25) is 0 Å². The van der Waals surface area contributed by atoms with Crippen LogP contribution in [0.4, 0.5) is 11.8 Å². The number of methoxy groups -OCH3 is 2. The van der Waals surface area contributed by atoms with E-state index in [0.29, 0.717) is 66.1 Å². The summed E-state index contributed by atoms with van der Waals surface area (Å²) in [7, 11) is 3.14. The van der Waals surface area contributed by atoms with Crippen molar-refractivity contribution in [1.29, 1.82) is 0 Å². The van der Waals surface area contributed by atoms with Crippen LogP contribution < -0.4 is 20.1 Å². The second kappa shape index (κ2) is 8.32. The van der Waals surface area contributed by atoms with Gasteiger partial charge in [-0.1, -0.05) is 0 Å². The Labute approximate surface area is 173 Å². The molecule has 0 aliphatic carbocycles. The van der Waals surface area contributed by atoms with E-state index in [1.165, 1.54) is 6.08 Å². The van der Waals surface area contributed by atoms with E-state index in [-0.39, 0.29) is 5.91 Å². The molecule has 4 rings (SSSR count). The molecule has 3 heterocycles. The number of fused-ring (bicyclic) bond motifs is 1. The summed E-state index contributed by atoms with van der Waals surface area (Å²) in [4.78, 5) is 25.3. The van der Waals surface area contributed by atoms with Crippen molar-refractivity contribution < 1.29 is 18.7 Å². The maximum atomic E-state index is 12.4. The first-order chi connectivity index (χ1) is 14.6. The van der Waals surface area contributed by atoms with Crippen LogP contribution in [0.3, 0.4) is 0 Å². The Balaban J connectivity index is 1.48. The molecular weight excluding hydrogens is 386 g/mol. The van der Waals surface area contributed by atoms with Crippen LogP contribution in [-0.2, 0) is 4.79 Å². The molecule has 0 saturated carbocycles. The number of nitrogen functional groups attached to an aromatic ring is 1. The van der Waals surface area contributed by atoms with E-state index in [1.54, 1.807) is 55.7 Å². The Morgan fingerprint density at radius 1 is 1.13 bits per heavy atom. The average molecular weight is 409 g/mol. The molecule has 1 aliphatic heterocycles. The average Bonchev–Trinajstić information content (AvgIpc) is 3.30. The van der Waals surface area contributed by atoms with Crippen LogP contribution in [0, 0.1) is 0 Å². The fourth-order valence-corrected chi connectivity index (χ4v) is 3.38. The molecule has 0 spiro atoms.